The fourth-order valence-electron chi connectivity index (χ4n) is 2.39. The van der Waals surface area contributed by atoms with E-state index in [4.69, 9.17) is 11.6 Å². The van der Waals surface area contributed by atoms with Crippen LogP contribution in [0.1, 0.15) is 29.4 Å². The zero-order valence-corrected chi connectivity index (χ0v) is 14.8. The molecular formula is C19H17ClN4O2. The maximum absolute atomic E-state index is 12.3. The number of aromatic hydroxyl groups is 1. The fraction of sp³-hybridized carbons (Fsp3) is 0.105. The van der Waals surface area contributed by atoms with Gasteiger partial charge in [-0.15, -0.1) is 0 Å². The summed E-state index contributed by atoms with van der Waals surface area (Å²) in [5, 5.41) is 21.0. The molecule has 0 aliphatic rings. The molecule has 1 heterocycles. The Labute approximate surface area is 155 Å². The number of H-pyrrole nitrogens is 1. The van der Waals surface area contributed by atoms with Gasteiger partial charge < -0.3 is 5.11 Å². The summed E-state index contributed by atoms with van der Waals surface area (Å²) in [5.41, 5.74) is 5.87. The van der Waals surface area contributed by atoms with Crippen molar-refractivity contribution in [1.82, 2.24) is 15.6 Å². The number of nitrogens with one attached hydrogen (secondary N) is 2. The Morgan fingerprint density at radius 3 is 2.54 bits per heavy atom. The van der Waals surface area contributed by atoms with Crippen molar-refractivity contribution in [2.45, 2.75) is 13.3 Å². The molecule has 0 unspecified atom stereocenters. The van der Waals surface area contributed by atoms with Crippen LogP contribution in [0, 0.1) is 0 Å². The molecule has 2 aromatic carbocycles. The van der Waals surface area contributed by atoms with Crippen LogP contribution in [0.15, 0.2) is 59.7 Å². The summed E-state index contributed by atoms with van der Waals surface area (Å²) in [5.74, 6) is -0.206. The molecule has 132 valence electrons. The van der Waals surface area contributed by atoms with Crippen molar-refractivity contribution < 1.29 is 9.90 Å². The predicted octanol–water partition coefficient (Wildman–Crippen LogP) is 3.98. The number of phenols is 1. The number of carbonyl (C=O) groups excluding carboxylic acids is 1. The van der Waals surface area contributed by atoms with Gasteiger partial charge in [-0.05, 0) is 54.4 Å². The SMILES string of the molecule is CCC(=NNC(=O)c1cc(-c2ccc(Cl)cc2)n[nH]1)c1ccc(O)cc1. The van der Waals surface area contributed by atoms with E-state index in [2.05, 4.69) is 20.7 Å². The summed E-state index contributed by atoms with van der Waals surface area (Å²) in [7, 11) is 0. The van der Waals surface area contributed by atoms with Gasteiger partial charge in [0.25, 0.3) is 5.91 Å². The third-order valence-electron chi connectivity index (χ3n) is 3.79. The molecule has 1 amide bonds. The van der Waals surface area contributed by atoms with Gasteiger partial charge in [0.15, 0.2) is 0 Å². The first-order valence-electron chi connectivity index (χ1n) is 8.04. The molecule has 0 aliphatic carbocycles. The summed E-state index contributed by atoms with van der Waals surface area (Å²) in [6.07, 6.45) is 0.629. The molecule has 1 aromatic heterocycles. The number of phenolic OH excluding ortho intramolecular Hbond substituents is 1. The maximum atomic E-state index is 12.3. The van der Waals surface area contributed by atoms with Gasteiger partial charge in [0.05, 0.1) is 11.4 Å². The van der Waals surface area contributed by atoms with Crippen LogP contribution in [0.5, 0.6) is 5.75 Å². The molecule has 0 fully saturated rings. The smallest absolute Gasteiger partial charge is 0.289 e. The van der Waals surface area contributed by atoms with Crippen molar-refractivity contribution in [2.24, 2.45) is 5.10 Å². The predicted molar refractivity (Wildman–Crippen MR) is 101 cm³/mol. The number of hydrazone groups is 1. The number of halogens is 1. The summed E-state index contributed by atoms with van der Waals surface area (Å²) in [6, 6.07) is 15.5. The van der Waals surface area contributed by atoms with Crippen LogP contribution >= 0.6 is 11.6 Å². The van der Waals surface area contributed by atoms with Gasteiger partial charge in [-0.3, -0.25) is 9.89 Å². The van der Waals surface area contributed by atoms with Crippen LogP contribution in [-0.4, -0.2) is 26.9 Å². The Hall–Kier alpha value is -3.12. The topological polar surface area (TPSA) is 90.4 Å². The molecule has 0 spiro atoms. The highest BCUT2D eigenvalue weighted by Crippen LogP contribution is 2.20. The van der Waals surface area contributed by atoms with Crippen LogP contribution in [0.25, 0.3) is 11.3 Å². The minimum atomic E-state index is -0.387. The number of benzene rings is 2. The number of carbonyl (C=O) groups is 1. The second-order valence-electron chi connectivity index (χ2n) is 5.57. The molecule has 0 saturated carbocycles. The molecule has 0 bridgehead atoms. The van der Waals surface area contributed by atoms with Crippen molar-refractivity contribution >= 4 is 23.2 Å². The number of hydrogen-bond donors (Lipinski definition) is 3. The lowest BCUT2D eigenvalue weighted by Crippen LogP contribution is -2.20. The van der Waals surface area contributed by atoms with Gasteiger partial charge >= 0.3 is 0 Å². The maximum Gasteiger partial charge on any atom is 0.289 e. The lowest BCUT2D eigenvalue weighted by Gasteiger charge is -2.04. The minimum Gasteiger partial charge on any atom is -0.508 e. The lowest BCUT2D eigenvalue weighted by atomic mass is 10.1. The summed E-state index contributed by atoms with van der Waals surface area (Å²) in [6.45, 7) is 1.94. The first-order valence-corrected chi connectivity index (χ1v) is 8.42. The molecule has 0 atom stereocenters. The van der Waals surface area contributed by atoms with E-state index < -0.39 is 0 Å². The normalized spacial score (nSPS) is 11.4. The molecule has 3 rings (SSSR count). The Morgan fingerprint density at radius 2 is 1.88 bits per heavy atom. The fourth-order valence-corrected chi connectivity index (χ4v) is 2.51. The standard InChI is InChI=1S/C19H17ClN4O2/c1-2-16(12-5-9-15(25)10-6-12)21-24-19(26)18-11-17(22-23-18)13-3-7-14(20)8-4-13/h3-11,25H,2H2,1H3,(H,22,23)(H,24,26). The van der Waals surface area contributed by atoms with E-state index in [0.29, 0.717) is 28.5 Å². The van der Waals surface area contributed by atoms with Gasteiger partial charge in [-0.25, -0.2) is 5.43 Å². The quantitative estimate of drug-likeness (QED) is 0.470. The van der Waals surface area contributed by atoms with E-state index in [9.17, 15) is 9.90 Å². The van der Waals surface area contributed by atoms with Gasteiger partial charge in [-0.1, -0.05) is 30.7 Å². The van der Waals surface area contributed by atoms with E-state index in [1.54, 1.807) is 42.5 Å². The molecule has 0 aliphatic heterocycles. The van der Waals surface area contributed by atoms with Gasteiger partial charge in [-0.2, -0.15) is 10.2 Å². The highest BCUT2D eigenvalue weighted by atomic mass is 35.5. The highest BCUT2D eigenvalue weighted by molar-refractivity contribution is 6.30. The largest absolute Gasteiger partial charge is 0.508 e. The number of aromatic nitrogens is 2. The number of hydrogen-bond acceptors (Lipinski definition) is 4. The lowest BCUT2D eigenvalue weighted by molar-refractivity contribution is 0.0950. The number of nitrogens with zero attached hydrogens (tertiary/aromatic N) is 2. The van der Waals surface area contributed by atoms with Crippen LogP contribution in [0.4, 0.5) is 0 Å². The zero-order chi connectivity index (χ0) is 18.5. The Bertz CT molecular complexity index is 931. The third-order valence-corrected chi connectivity index (χ3v) is 4.04. The third kappa shape index (κ3) is 4.10. The van der Waals surface area contributed by atoms with Crippen LogP contribution < -0.4 is 5.43 Å². The number of rotatable bonds is 5. The Morgan fingerprint density at radius 1 is 1.19 bits per heavy atom. The van der Waals surface area contributed by atoms with E-state index in [-0.39, 0.29) is 11.7 Å². The van der Waals surface area contributed by atoms with E-state index in [1.807, 2.05) is 19.1 Å². The van der Waals surface area contributed by atoms with Crippen molar-refractivity contribution in [3.05, 3.63) is 70.9 Å². The van der Waals surface area contributed by atoms with Gasteiger partial charge in [0, 0.05) is 10.6 Å². The second kappa shape index (κ2) is 7.84. The van der Waals surface area contributed by atoms with Gasteiger partial charge in [0.2, 0.25) is 0 Å². The molecule has 6 nitrogen and oxygen atoms in total. The highest BCUT2D eigenvalue weighted by Gasteiger charge is 2.11. The van der Waals surface area contributed by atoms with Crippen molar-refractivity contribution in [3.8, 4) is 17.0 Å². The Balaban J connectivity index is 1.73. The summed E-state index contributed by atoms with van der Waals surface area (Å²) in [4.78, 5) is 12.3. The van der Waals surface area contributed by atoms with Crippen molar-refractivity contribution in [1.29, 1.82) is 0 Å². The molecule has 7 heteroatoms. The number of aromatic amines is 1. The monoisotopic (exact) mass is 368 g/mol. The molecule has 26 heavy (non-hydrogen) atoms. The van der Waals surface area contributed by atoms with Crippen LogP contribution in [-0.2, 0) is 0 Å². The average Bonchev–Trinajstić information content (AvgIpc) is 3.14. The average molecular weight is 369 g/mol. The van der Waals surface area contributed by atoms with Crippen LogP contribution in [0.3, 0.4) is 0 Å². The zero-order valence-electron chi connectivity index (χ0n) is 14.0. The minimum absolute atomic E-state index is 0.181. The van der Waals surface area contributed by atoms with E-state index >= 15 is 0 Å². The van der Waals surface area contributed by atoms with E-state index in [1.165, 1.54) is 0 Å². The van der Waals surface area contributed by atoms with Crippen LogP contribution in [0.2, 0.25) is 5.02 Å². The molecule has 3 N–H and O–H groups in total. The van der Waals surface area contributed by atoms with E-state index in [0.717, 1.165) is 11.1 Å². The molecule has 0 saturated heterocycles. The summed E-state index contributed by atoms with van der Waals surface area (Å²) < 4.78 is 0. The number of amides is 1. The van der Waals surface area contributed by atoms with Gasteiger partial charge in [0.1, 0.15) is 11.4 Å². The second-order valence-corrected chi connectivity index (χ2v) is 6.01. The Kier molecular flexibility index (Phi) is 5.34. The van der Waals surface area contributed by atoms with Crippen molar-refractivity contribution in [3.63, 3.8) is 0 Å². The first-order chi connectivity index (χ1) is 12.6. The molecule has 0 radical (unpaired) electrons. The van der Waals surface area contributed by atoms with Crippen molar-refractivity contribution in [2.75, 3.05) is 0 Å². The molecule has 3 aromatic rings. The molecular weight excluding hydrogens is 352 g/mol. The first kappa shape index (κ1) is 17.7. The summed E-state index contributed by atoms with van der Waals surface area (Å²) >= 11 is 5.88.